The van der Waals surface area contributed by atoms with E-state index < -0.39 is 0 Å². The molecule has 0 aliphatic carbocycles. The molecule has 2 heterocycles. The lowest BCUT2D eigenvalue weighted by Gasteiger charge is -2.14. The Morgan fingerprint density at radius 2 is 1.87 bits per heavy atom. The van der Waals surface area contributed by atoms with E-state index in [0.29, 0.717) is 5.56 Å². The fourth-order valence-electron chi connectivity index (χ4n) is 2.55. The van der Waals surface area contributed by atoms with Crippen molar-refractivity contribution >= 4 is 16.9 Å². The highest BCUT2D eigenvalue weighted by molar-refractivity contribution is 5.97. The van der Waals surface area contributed by atoms with Crippen LogP contribution in [0.15, 0.2) is 48.8 Å². The van der Waals surface area contributed by atoms with E-state index in [1.165, 1.54) is 0 Å². The molecule has 1 amide bonds. The standard InChI is InChI=1S/C18H20N4O/c1-12(2)22-17-15(11-20-22)9-16(10-19-17)18(23)21-13(3)14-7-5-4-6-8-14/h4-13H,1-3H3,(H,21,23)/t13-/m1/s1. The number of carbonyl (C=O) groups is 1. The Morgan fingerprint density at radius 1 is 1.13 bits per heavy atom. The lowest BCUT2D eigenvalue weighted by molar-refractivity contribution is 0.0939. The van der Waals surface area contributed by atoms with Gasteiger partial charge in [-0.25, -0.2) is 9.67 Å². The molecule has 0 radical (unpaired) electrons. The molecule has 23 heavy (non-hydrogen) atoms. The third-order valence-electron chi connectivity index (χ3n) is 3.83. The normalized spacial score (nSPS) is 12.5. The Hall–Kier alpha value is -2.69. The summed E-state index contributed by atoms with van der Waals surface area (Å²) in [5.74, 6) is -0.131. The monoisotopic (exact) mass is 308 g/mol. The fourth-order valence-corrected chi connectivity index (χ4v) is 2.55. The maximum Gasteiger partial charge on any atom is 0.253 e. The van der Waals surface area contributed by atoms with Gasteiger partial charge in [-0.1, -0.05) is 30.3 Å². The van der Waals surface area contributed by atoms with Crippen molar-refractivity contribution in [2.75, 3.05) is 0 Å². The van der Waals surface area contributed by atoms with Gasteiger partial charge in [-0.3, -0.25) is 4.79 Å². The first-order valence-corrected chi connectivity index (χ1v) is 7.75. The fraction of sp³-hybridized carbons (Fsp3) is 0.278. The second-order valence-corrected chi connectivity index (χ2v) is 5.93. The maximum atomic E-state index is 12.4. The number of nitrogens with zero attached hydrogens (tertiary/aromatic N) is 3. The van der Waals surface area contributed by atoms with Crippen molar-refractivity contribution in [1.82, 2.24) is 20.1 Å². The molecule has 0 aliphatic heterocycles. The van der Waals surface area contributed by atoms with Gasteiger partial charge in [0.15, 0.2) is 5.65 Å². The van der Waals surface area contributed by atoms with E-state index >= 15 is 0 Å². The summed E-state index contributed by atoms with van der Waals surface area (Å²) in [5, 5.41) is 8.20. The van der Waals surface area contributed by atoms with Crippen LogP contribution in [-0.4, -0.2) is 20.7 Å². The third-order valence-corrected chi connectivity index (χ3v) is 3.83. The van der Waals surface area contributed by atoms with Crippen molar-refractivity contribution in [2.45, 2.75) is 32.9 Å². The van der Waals surface area contributed by atoms with Gasteiger partial charge in [-0.15, -0.1) is 0 Å². The van der Waals surface area contributed by atoms with E-state index in [1.807, 2.05) is 48.0 Å². The van der Waals surface area contributed by atoms with E-state index in [9.17, 15) is 4.79 Å². The topological polar surface area (TPSA) is 59.8 Å². The number of amides is 1. The van der Waals surface area contributed by atoms with Crippen molar-refractivity contribution in [3.05, 3.63) is 59.9 Å². The number of benzene rings is 1. The van der Waals surface area contributed by atoms with E-state index in [0.717, 1.165) is 16.6 Å². The number of pyridine rings is 1. The van der Waals surface area contributed by atoms with Crippen molar-refractivity contribution in [3.8, 4) is 0 Å². The highest BCUT2D eigenvalue weighted by atomic mass is 16.1. The Morgan fingerprint density at radius 3 is 2.57 bits per heavy atom. The smallest absolute Gasteiger partial charge is 0.253 e. The quantitative estimate of drug-likeness (QED) is 0.802. The summed E-state index contributed by atoms with van der Waals surface area (Å²) < 4.78 is 1.85. The first kappa shape index (κ1) is 15.2. The summed E-state index contributed by atoms with van der Waals surface area (Å²) in [6.07, 6.45) is 3.36. The summed E-state index contributed by atoms with van der Waals surface area (Å²) in [6.45, 7) is 6.07. The zero-order valence-electron chi connectivity index (χ0n) is 13.5. The molecule has 0 fully saturated rings. The molecule has 0 saturated carbocycles. The molecule has 5 heteroatoms. The Balaban J connectivity index is 1.81. The summed E-state index contributed by atoms with van der Waals surface area (Å²) >= 11 is 0. The molecular weight excluding hydrogens is 288 g/mol. The second kappa shape index (κ2) is 6.20. The van der Waals surface area contributed by atoms with E-state index in [1.54, 1.807) is 12.4 Å². The Labute approximate surface area is 135 Å². The predicted octanol–water partition coefficient (Wildman–Crippen LogP) is 3.50. The summed E-state index contributed by atoms with van der Waals surface area (Å²) in [6, 6.07) is 11.9. The molecule has 5 nitrogen and oxygen atoms in total. The van der Waals surface area contributed by atoms with Gasteiger partial charge >= 0.3 is 0 Å². The number of fused-ring (bicyclic) bond motifs is 1. The number of carbonyl (C=O) groups excluding carboxylic acids is 1. The SMILES string of the molecule is CC(C)n1ncc2cc(C(=O)N[C@H](C)c3ccccc3)cnc21. The van der Waals surface area contributed by atoms with Crippen LogP contribution in [-0.2, 0) is 0 Å². The van der Waals surface area contributed by atoms with Crippen LogP contribution in [0, 0.1) is 0 Å². The van der Waals surface area contributed by atoms with Gasteiger partial charge in [0, 0.05) is 17.6 Å². The van der Waals surface area contributed by atoms with E-state index in [4.69, 9.17) is 0 Å². The molecule has 3 aromatic rings. The van der Waals surface area contributed by atoms with Gasteiger partial charge in [-0.05, 0) is 32.4 Å². The third kappa shape index (κ3) is 3.08. The zero-order chi connectivity index (χ0) is 16.4. The molecule has 118 valence electrons. The summed E-state index contributed by atoms with van der Waals surface area (Å²) in [5.41, 5.74) is 2.42. The molecule has 1 atom stereocenters. The average Bonchev–Trinajstić information content (AvgIpc) is 2.98. The number of hydrogen-bond donors (Lipinski definition) is 1. The average molecular weight is 308 g/mol. The molecule has 3 rings (SSSR count). The minimum Gasteiger partial charge on any atom is -0.345 e. The predicted molar refractivity (Wildman–Crippen MR) is 90.2 cm³/mol. The van der Waals surface area contributed by atoms with Gasteiger partial charge in [-0.2, -0.15) is 5.10 Å². The highest BCUT2D eigenvalue weighted by Crippen LogP contribution is 2.18. The van der Waals surface area contributed by atoms with E-state index in [-0.39, 0.29) is 18.0 Å². The van der Waals surface area contributed by atoms with Crippen LogP contribution in [0.4, 0.5) is 0 Å². The van der Waals surface area contributed by atoms with Crippen LogP contribution < -0.4 is 5.32 Å². The molecule has 1 aromatic carbocycles. The summed E-state index contributed by atoms with van der Waals surface area (Å²) in [7, 11) is 0. The van der Waals surface area contributed by atoms with Crippen molar-refractivity contribution in [1.29, 1.82) is 0 Å². The highest BCUT2D eigenvalue weighted by Gasteiger charge is 2.14. The molecule has 1 N–H and O–H groups in total. The molecule has 0 saturated heterocycles. The second-order valence-electron chi connectivity index (χ2n) is 5.93. The van der Waals surface area contributed by atoms with E-state index in [2.05, 4.69) is 29.2 Å². The first-order chi connectivity index (χ1) is 11.1. The number of nitrogens with one attached hydrogen (secondary N) is 1. The van der Waals surface area contributed by atoms with Crippen LogP contribution in [0.5, 0.6) is 0 Å². The number of hydrogen-bond acceptors (Lipinski definition) is 3. The minimum atomic E-state index is -0.131. The van der Waals surface area contributed by atoms with Crippen LogP contribution in [0.2, 0.25) is 0 Å². The molecular formula is C18H20N4O. The Kier molecular flexibility index (Phi) is 4.10. The summed E-state index contributed by atoms with van der Waals surface area (Å²) in [4.78, 5) is 16.8. The van der Waals surface area contributed by atoms with Gasteiger partial charge in [0.1, 0.15) is 0 Å². The Bertz CT molecular complexity index is 823. The van der Waals surface area contributed by atoms with Crippen LogP contribution >= 0.6 is 0 Å². The van der Waals surface area contributed by atoms with Crippen molar-refractivity contribution < 1.29 is 4.79 Å². The number of rotatable bonds is 4. The largest absolute Gasteiger partial charge is 0.345 e. The zero-order valence-corrected chi connectivity index (χ0v) is 13.5. The molecule has 2 aromatic heterocycles. The van der Waals surface area contributed by atoms with Crippen LogP contribution in [0.1, 0.15) is 48.8 Å². The van der Waals surface area contributed by atoms with Gasteiger partial charge in [0.2, 0.25) is 0 Å². The first-order valence-electron chi connectivity index (χ1n) is 7.75. The molecule has 0 unspecified atom stereocenters. The van der Waals surface area contributed by atoms with Gasteiger partial charge in [0.05, 0.1) is 17.8 Å². The molecule has 0 bridgehead atoms. The van der Waals surface area contributed by atoms with Crippen molar-refractivity contribution in [3.63, 3.8) is 0 Å². The lowest BCUT2D eigenvalue weighted by atomic mass is 10.1. The number of aromatic nitrogens is 3. The molecule has 0 aliphatic rings. The van der Waals surface area contributed by atoms with Crippen molar-refractivity contribution in [2.24, 2.45) is 0 Å². The lowest BCUT2D eigenvalue weighted by Crippen LogP contribution is -2.26. The molecule has 0 spiro atoms. The van der Waals surface area contributed by atoms with Gasteiger partial charge in [0.25, 0.3) is 5.91 Å². The van der Waals surface area contributed by atoms with Crippen LogP contribution in [0.3, 0.4) is 0 Å². The minimum absolute atomic E-state index is 0.0576. The van der Waals surface area contributed by atoms with Gasteiger partial charge < -0.3 is 5.32 Å². The van der Waals surface area contributed by atoms with Crippen LogP contribution in [0.25, 0.3) is 11.0 Å². The maximum absolute atomic E-state index is 12.4.